The van der Waals surface area contributed by atoms with Gasteiger partial charge in [-0.2, -0.15) is 13.2 Å². The Morgan fingerprint density at radius 2 is 1.69 bits per heavy atom. The van der Waals surface area contributed by atoms with Crippen LogP contribution in [0.3, 0.4) is 0 Å². The Bertz CT molecular complexity index is 215. The van der Waals surface area contributed by atoms with Crippen molar-refractivity contribution in [3.05, 3.63) is 0 Å². The maximum absolute atomic E-state index is 11.9. The van der Waals surface area contributed by atoms with Crippen LogP contribution >= 0.6 is 0 Å². The lowest BCUT2D eigenvalue weighted by Crippen LogP contribution is -2.37. The van der Waals surface area contributed by atoms with Gasteiger partial charge in [0.1, 0.15) is 0 Å². The third kappa shape index (κ3) is 3.77. The largest absolute Gasteiger partial charge is 0.683 e. The number of hydrogen-bond donors (Lipinski definition) is 0. The van der Waals surface area contributed by atoms with Crippen LogP contribution in [0, 0.1) is 0 Å². The molecule has 0 spiro atoms. The van der Waals surface area contributed by atoms with Crippen molar-refractivity contribution in [3.63, 3.8) is 0 Å². The molecule has 9 heteroatoms. The van der Waals surface area contributed by atoms with E-state index in [1.807, 2.05) is 0 Å². The number of esters is 1. The summed E-state index contributed by atoms with van der Waals surface area (Å²) in [5.41, 5.74) is 0. The second kappa shape index (κ2) is 4.10. The number of halogens is 4. The predicted octanol–water partition coefficient (Wildman–Crippen LogP) is 0.262. The Kier molecular flexibility index (Phi) is 3.70. The number of alkyl halides is 3. The van der Waals surface area contributed by atoms with E-state index in [-0.39, 0.29) is 0 Å². The molecule has 0 aliphatic carbocycles. The van der Waals surface area contributed by atoms with E-state index in [0.29, 0.717) is 0 Å². The molecular formula is C4H3BF4O4. The monoisotopic (exact) mass is 202 g/mol. The van der Waals surface area contributed by atoms with Gasteiger partial charge in [0.05, 0.1) is 7.11 Å². The average Bonchev–Trinajstić information content (AvgIpc) is 2.01. The number of hydrogen-bond acceptors (Lipinski definition) is 4. The van der Waals surface area contributed by atoms with Crippen molar-refractivity contribution in [2.75, 3.05) is 7.11 Å². The van der Waals surface area contributed by atoms with Gasteiger partial charge in [-0.15, -0.1) is 0 Å². The molecule has 0 fully saturated rings. The zero-order valence-corrected chi connectivity index (χ0v) is 6.22. The summed E-state index contributed by atoms with van der Waals surface area (Å²) in [6.45, 7) is 0. The van der Waals surface area contributed by atoms with Gasteiger partial charge >= 0.3 is 25.2 Å². The van der Waals surface area contributed by atoms with Gasteiger partial charge in [-0.05, 0) is 0 Å². The average molecular weight is 202 g/mol. The molecule has 0 radical (unpaired) electrons. The molecule has 0 atom stereocenters. The standard InChI is InChI=1S/C4H3BF4O4/c1-12-2(10)3(11)13-5(9)4(6,7)8/h1H3. The molecule has 0 amide bonds. The van der Waals surface area contributed by atoms with Crippen molar-refractivity contribution in [2.45, 2.75) is 6.08 Å². The molecule has 0 rings (SSSR count). The first-order valence-corrected chi connectivity index (χ1v) is 2.78. The molecule has 0 heterocycles. The minimum Gasteiger partial charge on any atom is -0.492 e. The van der Waals surface area contributed by atoms with E-state index in [1.54, 1.807) is 0 Å². The minimum absolute atomic E-state index is 0.740. The highest BCUT2D eigenvalue weighted by Gasteiger charge is 2.52. The van der Waals surface area contributed by atoms with E-state index >= 15 is 0 Å². The normalized spacial score (nSPS) is 10.5. The van der Waals surface area contributed by atoms with E-state index in [9.17, 15) is 27.1 Å². The van der Waals surface area contributed by atoms with Gasteiger partial charge < -0.3 is 9.39 Å². The van der Waals surface area contributed by atoms with E-state index in [4.69, 9.17) is 0 Å². The fourth-order valence-electron chi connectivity index (χ4n) is 0.292. The van der Waals surface area contributed by atoms with Gasteiger partial charge in [0, 0.05) is 0 Å². The van der Waals surface area contributed by atoms with Gasteiger partial charge in [0.15, 0.2) is 0 Å². The third-order valence-corrected chi connectivity index (χ3v) is 0.820. The Hall–Kier alpha value is -1.28. The molecule has 0 aliphatic heterocycles. The van der Waals surface area contributed by atoms with Crippen molar-refractivity contribution < 1.29 is 36.5 Å². The summed E-state index contributed by atoms with van der Waals surface area (Å²) in [6, 6.07) is 0. The molecule has 0 saturated heterocycles. The maximum Gasteiger partial charge on any atom is 0.683 e. The van der Waals surface area contributed by atoms with Crippen LogP contribution in [-0.2, 0) is 19.0 Å². The zero-order chi connectivity index (χ0) is 10.6. The summed E-state index contributed by atoms with van der Waals surface area (Å²) in [4.78, 5) is 20.3. The highest BCUT2D eigenvalue weighted by molar-refractivity contribution is 6.51. The third-order valence-electron chi connectivity index (χ3n) is 0.820. The quantitative estimate of drug-likeness (QED) is 0.265. The Morgan fingerprint density at radius 3 is 2.00 bits per heavy atom. The summed E-state index contributed by atoms with van der Waals surface area (Å²) < 4.78 is 52.7. The summed E-state index contributed by atoms with van der Waals surface area (Å²) in [6.07, 6.45) is -5.34. The molecule has 0 N–H and O–H groups in total. The van der Waals surface area contributed by atoms with Crippen LogP contribution in [0.25, 0.3) is 0 Å². The molecule has 0 unspecified atom stereocenters. The van der Waals surface area contributed by atoms with Crippen LogP contribution < -0.4 is 0 Å². The second-order valence-corrected chi connectivity index (χ2v) is 1.75. The van der Waals surface area contributed by atoms with Crippen LogP contribution in [0.2, 0.25) is 0 Å². The van der Waals surface area contributed by atoms with Crippen molar-refractivity contribution in [1.82, 2.24) is 0 Å². The highest BCUT2D eigenvalue weighted by atomic mass is 19.4. The molecule has 4 nitrogen and oxygen atoms in total. The van der Waals surface area contributed by atoms with Gasteiger partial charge in [-0.1, -0.05) is 0 Å². The first-order chi connectivity index (χ1) is 5.79. The summed E-state index contributed by atoms with van der Waals surface area (Å²) in [7, 11) is -3.08. The van der Waals surface area contributed by atoms with Gasteiger partial charge in [0.25, 0.3) is 0 Å². The molecule has 0 aromatic heterocycles. The topological polar surface area (TPSA) is 52.6 Å². The van der Waals surface area contributed by atoms with Crippen LogP contribution in [0.15, 0.2) is 0 Å². The number of carbonyl (C=O) groups is 2. The lowest BCUT2D eigenvalue weighted by Gasteiger charge is -2.07. The molecule has 13 heavy (non-hydrogen) atoms. The first kappa shape index (κ1) is 11.7. The summed E-state index contributed by atoms with van der Waals surface area (Å²) in [5.74, 6) is -3.74. The van der Waals surface area contributed by atoms with Gasteiger partial charge in [-0.25, -0.2) is 9.59 Å². The molecule has 0 bridgehead atoms. The molecule has 0 aliphatic rings. The van der Waals surface area contributed by atoms with E-state index in [2.05, 4.69) is 9.39 Å². The number of ether oxygens (including phenoxy) is 1. The van der Waals surface area contributed by atoms with Gasteiger partial charge in [-0.3, -0.25) is 4.32 Å². The zero-order valence-electron chi connectivity index (χ0n) is 6.22. The number of rotatable bonds is 1. The lowest BCUT2D eigenvalue weighted by atomic mass is 9.94. The second-order valence-electron chi connectivity index (χ2n) is 1.75. The Balaban J connectivity index is 4.15. The van der Waals surface area contributed by atoms with Crippen molar-refractivity contribution in [3.8, 4) is 0 Å². The predicted molar refractivity (Wildman–Crippen MR) is 31.0 cm³/mol. The lowest BCUT2D eigenvalue weighted by molar-refractivity contribution is -0.163. The van der Waals surface area contributed by atoms with Gasteiger partial charge in [0.2, 0.25) is 0 Å². The summed E-state index contributed by atoms with van der Waals surface area (Å²) >= 11 is 0. The highest BCUT2D eigenvalue weighted by Crippen LogP contribution is 2.20. The number of carbonyl (C=O) groups excluding carboxylic acids is 2. The van der Waals surface area contributed by atoms with Crippen LogP contribution in [0.5, 0.6) is 0 Å². The Morgan fingerprint density at radius 1 is 1.23 bits per heavy atom. The molecule has 0 aromatic carbocycles. The fraction of sp³-hybridized carbons (Fsp3) is 0.500. The van der Waals surface area contributed by atoms with Crippen molar-refractivity contribution in [2.24, 2.45) is 0 Å². The fourth-order valence-corrected chi connectivity index (χ4v) is 0.292. The minimum atomic E-state index is -5.34. The summed E-state index contributed by atoms with van der Waals surface area (Å²) in [5, 5.41) is 0. The SMILES string of the molecule is COC(=O)C(=O)OB(F)C(F)(F)F. The smallest absolute Gasteiger partial charge is 0.492 e. The Labute approximate surface area is 70.0 Å². The molecule has 74 valence electrons. The van der Waals surface area contributed by atoms with Crippen LogP contribution in [0.4, 0.5) is 17.5 Å². The van der Waals surface area contributed by atoms with E-state index in [0.717, 1.165) is 7.11 Å². The molecule has 0 aromatic rings. The molecular weight excluding hydrogens is 199 g/mol. The van der Waals surface area contributed by atoms with E-state index < -0.39 is 25.2 Å². The molecule has 0 saturated carbocycles. The van der Waals surface area contributed by atoms with E-state index in [1.165, 1.54) is 0 Å². The number of methoxy groups -OCH3 is 1. The van der Waals surface area contributed by atoms with Crippen LogP contribution in [-0.4, -0.2) is 32.3 Å². The first-order valence-electron chi connectivity index (χ1n) is 2.78. The van der Waals surface area contributed by atoms with Crippen molar-refractivity contribution in [1.29, 1.82) is 0 Å². The van der Waals surface area contributed by atoms with Crippen LogP contribution in [0.1, 0.15) is 0 Å². The van der Waals surface area contributed by atoms with Crippen molar-refractivity contribution >= 4 is 19.1 Å². The maximum atomic E-state index is 11.9.